The quantitative estimate of drug-likeness (QED) is 0.342. The van der Waals surface area contributed by atoms with Gasteiger partial charge in [0.15, 0.2) is 0 Å². The standard InChI is InChI=1S/C27H28FN5O3/c1-27(2,36)12-15-32(21-8-9-23-19(16-21)11-14-33(23)26(35)29-3)22-10-13-30-24(17-22)31-25(34)18-4-6-20(28)7-5-18/h4-11,13-14,16-17,36H,12,15H2,1-3H3,(H,29,35)(H,30,31,34). The Morgan fingerprint density at radius 3 is 2.47 bits per heavy atom. The number of hydrogen-bond donors (Lipinski definition) is 3. The largest absolute Gasteiger partial charge is 0.390 e. The highest BCUT2D eigenvalue weighted by Gasteiger charge is 2.19. The number of fused-ring (bicyclic) bond motifs is 1. The van der Waals surface area contributed by atoms with Gasteiger partial charge in [-0.1, -0.05) is 0 Å². The first-order valence-electron chi connectivity index (χ1n) is 11.5. The first-order valence-corrected chi connectivity index (χ1v) is 11.5. The van der Waals surface area contributed by atoms with Gasteiger partial charge in [-0.25, -0.2) is 14.2 Å². The van der Waals surface area contributed by atoms with Crippen molar-refractivity contribution in [3.05, 3.63) is 84.4 Å². The minimum Gasteiger partial charge on any atom is -0.390 e. The number of amides is 2. The van der Waals surface area contributed by atoms with E-state index in [1.807, 2.05) is 35.2 Å². The van der Waals surface area contributed by atoms with E-state index in [9.17, 15) is 19.1 Å². The average Bonchev–Trinajstić information content (AvgIpc) is 3.27. The van der Waals surface area contributed by atoms with Crippen LogP contribution in [0.25, 0.3) is 10.9 Å². The summed E-state index contributed by atoms with van der Waals surface area (Å²) in [6.07, 6.45) is 3.78. The molecule has 2 amide bonds. The molecular formula is C27H28FN5O3. The summed E-state index contributed by atoms with van der Waals surface area (Å²) in [6, 6.07) is 16.2. The van der Waals surface area contributed by atoms with Gasteiger partial charge in [0.2, 0.25) is 0 Å². The lowest BCUT2D eigenvalue weighted by Crippen LogP contribution is -2.28. The van der Waals surface area contributed by atoms with Crippen LogP contribution >= 0.6 is 0 Å². The summed E-state index contributed by atoms with van der Waals surface area (Å²) in [4.78, 5) is 31.0. The fraction of sp³-hybridized carbons (Fsp3) is 0.222. The van der Waals surface area contributed by atoms with Gasteiger partial charge in [-0.05, 0) is 74.9 Å². The van der Waals surface area contributed by atoms with Gasteiger partial charge >= 0.3 is 6.03 Å². The number of nitrogens with one attached hydrogen (secondary N) is 2. The summed E-state index contributed by atoms with van der Waals surface area (Å²) < 4.78 is 14.7. The number of carbonyl (C=O) groups is 2. The summed E-state index contributed by atoms with van der Waals surface area (Å²) in [5, 5.41) is 16.6. The lowest BCUT2D eigenvalue weighted by molar-refractivity contribution is 0.0737. The maximum absolute atomic E-state index is 13.2. The van der Waals surface area contributed by atoms with Crippen LogP contribution in [0.15, 0.2) is 73.1 Å². The first kappa shape index (κ1) is 24.9. The molecule has 2 aromatic carbocycles. The second-order valence-corrected chi connectivity index (χ2v) is 9.06. The topological polar surface area (TPSA) is 99.5 Å². The van der Waals surface area contributed by atoms with Gasteiger partial charge in [0, 0.05) is 54.4 Å². The smallest absolute Gasteiger partial charge is 0.325 e. The van der Waals surface area contributed by atoms with E-state index in [0.717, 1.165) is 22.3 Å². The maximum atomic E-state index is 13.2. The predicted molar refractivity (Wildman–Crippen MR) is 138 cm³/mol. The summed E-state index contributed by atoms with van der Waals surface area (Å²) in [6.45, 7) is 3.98. The van der Waals surface area contributed by atoms with E-state index in [-0.39, 0.29) is 6.03 Å². The highest BCUT2D eigenvalue weighted by molar-refractivity contribution is 6.04. The van der Waals surface area contributed by atoms with Crippen LogP contribution in [-0.2, 0) is 0 Å². The van der Waals surface area contributed by atoms with E-state index in [0.29, 0.717) is 24.3 Å². The summed E-state index contributed by atoms with van der Waals surface area (Å²) in [5.41, 5.74) is 1.80. The Morgan fingerprint density at radius 2 is 1.78 bits per heavy atom. The van der Waals surface area contributed by atoms with Crippen molar-refractivity contribution in [1.29, 1.82) is 0 Å². The van der Waals surface area contributed by atoms with Crippen molar-refractivity contribution in [2.45, 2.75) is 25.9 Å². The maximum Gasteiger partial charge on any atom is 0.325 e. The second kappa shape index (κ2) is 10.2. The molecule has 9 heteroatoms. The van der Waals surface area contributed by atoms with Gasteiger partial charge in [-0.15, -0.1) is 0 Å². The molecular weight excluding hydrogens is 461 g/mol. The van der Waals surface area contributed by atoms with Crippen LogP contribution in [0, 0.1) is 5.82 Å². The van der Waals surface area contributed by atoms with Gasteiger partial charge in [-0.3, -0.25) is 9.36 Å². The molecule has 0 spiro atoms. The number of aliphatic hydroxyl groups is 1. The van der Waals surface area contributed by atoms with Crippen LogP contribution in [0.1, 0.15) is 30.6 Å². The fourth-order valence-corrected chi connectivity index (χ4v) is 3.83. The summed E-state index contributed by atoms with van der Waals surface area (Å²) in [5.74, 6) is -0.488. The normalized spacial score (nSPS) is 11.4. The summed E-state index contributed by atoms with van der Waals surface area (Å²) in [7, 11) is 1.58. The van der Waals surface area contributed by atoms with Crippen molar-refractivity contribution in [1.82, 2.24) is 14.9 Å². The molecule has 3 N–H and O–H groups in total. The number of carbonyl (C=O) groups excluding carboxylic acids is 2. The second-order valence-electron chi connectivity index (χ2n) is 9.06. The number of rotatable bonds is 7. The van der Waals surface area contributed by atoms with Crippen LogP contribution in [0.2, 0.25) is 0 Å². The van der Waals surface area contributed by atoms with E-state index in [4.69, 9.17) is 0 Å². The SMILES string of the molecule is CNC(=O)n1ccc2cc(N(CCC(C)(C)O)c3ccnc(NC(=O)c4ccc(F)cc4)c3)ccc21. The average molecular weight is 490 g/mol. The van der Waals surface area contributed by atoms with Crippen LogP contribution < -0.4 is 15.5 Å². The molecule has 0 aliphatic heterocycles. The molecule has 186 valence electrons. The molecule has 0 saturated carbocycles. The zero-order chi connectivity index (χ0) is 25.9. The van der Waals surface area contributed by atoms with Crippen molar-refractivity contribution >= 4 is 40.0 Å². The van der Waals surface area contributed by atoms with Crippen molar-refractivity contribution in [2.75, 3.05) is 23.8 Å². The van der Waals surface area contributed by atoms with Crippen LogP contribution in [0.3, 0.4) is 0 Å². The molecule has 4 rings (SSSR count). The zero-order valence-electron chi connectivity index (χ0n) is 20.3. The van der Waals surface area contributed by atoms with Gasteiger partial charge in [0.1, 0.15) is 11.6 Å². The Labute approximate surface area is 208 Å². The van der Waals surface area contributed by atoms with Gasteiger partial charge in [0.05, 0.1) is 11.1 Å². The Kier molecular flexibility index (Phi) is 7.03. The number of benzene rings is 2. The Morgan fingerprint density at radius 1 is 1.06 bits per heavy atom. The molecule has 0 bridgehead atoms. The molecule has 0 saturated heterocycles. The monoisotopic (exact) mass is 489 g/mol. The minimum atomic E-state index is -0.891. The van der Waals surface area contributed by atoms with E-state index in [2.05, 4.69) is 15.6 Å². The van der Waals surface area contributed by atoms with E-state index >= 15 is 0 Å². The van der Waals surface area contributed by atoms with Gasteiger partial charge in [0.25, 0.3) is 5.91 Å². The molecule has 2 aromatic heterocycles. The molecule has 0 unspecified atom stereocenters. The molecule has 0 aliphatic carbocycles. The molecule has 4 aromatic rings. The predicted octanol–water partition coefficient (Wildman–Crippen LogP) is 4.91. The van der Waals surface area contributed by atoms with Crippen molar-refractivity contribution in [2.24, 2.45) is 0 Å². The fourth-order valence-electron chi connectivity index (χ4n) is 3.83. The van der Waals surface area contributed by atoms with E-state index < -0.39 is 17.3 Å². The Hall–Kier alpha value is -4.24. The minimum absolute atomic E-state index is 0.229. The number of anilines is 3. The van der Waals surface area contributed by atoms with E-state index in [1.54, 1.807) is 39.4 Å². The lowest BCUT2D eigenvalue weighted by atomic mass is 10.0. The van der Waals surface area contributed by atoms with Crippen LogP contribution in [0.4, 0.5) is 26.4 Å². The number of hydrogen-bond acceptors (Lipinski definition) is 5. The molecule has 0 aliphatic rings. The number of halogens is 1. The number of nitrogens with zero attached hydrogens (tertiary/aromatic N) is 3. The number of pyridine rings is 1. The Balaban J connectivity index is 1.66. The molecule has 8 nitrogen and oxygen atoms in total. The zero-order valence-corrected chi connectivity index (χ0v) is 20.3. The molecule has 0 fully saturated rings. The summed E-state index contributed by atoms with van der Waals surface area (Å²) >= 11 is 0. The first-order chi connectivity index (χ1) is 17.1. The third kappa shape index (κ3) is 5.69. The molecule has 2 heterocycles. The number of aromatic nitrogens is 2. The Bertz CT molecular complexity index is 1390. The van der Waals surface area contributed by atoms with Crippen molar-refractivity contribution in [3.8, 4) is 0 Å². The molecule has 36 heavy (non-hydrogen) atoms. The highest BCUT2D eigenvalue weighted by Crippen LogP contribution is 2.31. The van der Waals surface area contributed by atoms with E-state index in [1.165, 1.54) is 28.8 Å². The van der Waals surface area contributed by atoms with Crippen molar-refractivity contribution in [3.63, 3.8) is 0 Å². The molecule has 0 atom stereocenters. The van der Waals surface area contributed by atoms with Crippen LogP contribution in [0.5, 0.6) is 0 Å². The van der Waals surface area contributed by atoms with Crippen molar-refractivity contribution < 1.29 is 19.1 Å². The molecule has 0 radical (unpaired) electrons. The highest BCUT2D eigenvalue weighted by atomic mass is 19.1. The van der Waals surface area contributed by atoms with Gasteiger partial charge in [-0.2, -0.15) is 0 Å². The lowest BCUT2D eigenvalue weighted by Gasteiger charge is -2.28. The van der Waals surface area contributed by atoms with Gasteiger partial charge < -0.3 is 20.6 Å². The third-order valence-electron chi connectivity index (χ3n) is 5.77. The third-order valence-corrected chi connectivity index (χ3v) is 5.77. The van der Waals surface area contributed by atoms with Crippen LogP contribution in [-0.4, -0.2) is 45.8 Å².